The van der Waals surface area contributed by atoms with Crippen LogP contribution < -0.4 is 5.43 Å². The Morgan fingerprint density at radius 3 is 2.63 bits per heavy atom. The van der Waals surface area contributed by atoms with E-state index in [1.165, 1.54) is 24.3 Å². The molecule has 0 spiro atoms. The Morgan fingerprint density at radius 1 is 1.21 bits per heavy atom. The van der Waals surface area contributed by atoms with Gasteiger partial charge in [0.25, 0.3) is 0 Å². The molecule has 0 fully saturated rings. The van der Waals surface area contributed by atoms with E-state index in [9.17, 15) is 9.59 Å². The average molecular weight is 255 g/mol. The SMILES string of the molecule is O=C(O)c1ccc(-c2n[nH]c3cc(=O)ccn23)cc1. The van der Waals surface area contributed by atoms with Gasteiger partial charge in [0.2, 0.25) is 0 Å². The van der Waals surface area contributed by atoms with E-state index in [0.717, 1.165) is 5.56 Å². The summed E-state index contributed by atoms with van der Waals surface area (Å²) < 4.78 is 1.73. The summed E-state index contributed by atoms with van der Waals surface area (Å²) in [6, 6.07) is 9.27. The highest BCUT2D eigenvalue weighted by atomic mass is 16.4. The van der Waals surface area contributed by atoms with E-state index >= 15 is 0 Å². The third-order valence-electron chi connectivity index (χ3n) is 2.82. The summed E-state index contributed by atoms with van der Waals surface area (Å²) in [5, 5.41) is 15.7. The van der Waals surface area contributed by atoms with Gasteiger partial charge in [-0.25, -0.2) is 4.79 Å². The number of hydrogen-bond acceptors (Lipinski definition) is 3. The number of carboxylic acid groups (broad SMARTS) is 1. The molecular formula is C13H9N3O3. The first-order chi connectivity index (χ1) is 9.15. The van der Waals surface area contributed by atoms with Gasteiger partial charge < -0.3 is 5.11 Å². The number of aromatic carboxylic acids is 1. The molecule has 0 amide bonds. The zero-order valence-electron chi connectivity index (χ0n) is 9.70. The highest BCUT2D eigenvalue weighted by molar-refractivity contribution is 5.88. The number of nitrogens with one attached hydrogen (secondary N) is 1. The number of hydrogen-bond donors (Lipinski definition) is 2. The van der Waals surface area contributed by atoms with Crippen LogP contribution in [0.2, 0.25) is 0 Å². The second kappa shape index (κ2) is 4.09. The van der Waals surface area contributed by atoms with Crippen molar-refractivity contribution in [2.45, 2.75) is 0 Å². The summed E-state index contributed by atoms with van der Waals surface area (Å²) >= 11 is 0. The molecule has 0 radical (unpaired) electrons. The van der Waals surface area contributed by atoms with Crippen molar-refractivity contribution < 1.29 is 9.90 Å². The van der Waals surface area contributed by atoms with E-state index in [1.54, 1.807) is 22.7 Å². The quantitative estimate of drug-likeness (QED) is 0.724. The van der Waals surface area contributed by atoms with E-state index in [4.69, 9.17) is 5.11 Å². The number of nitrogens with zero attached hydrogens (tertiary/aromatic N) is 2. The van der Waals surface area contributed by atoms with Crippen LogP contribution in [0.15, 0.2) is 47.4 Å². The molecule has 2 heterocycles. The van der Waals surface area contributed by atoms with Crippen LogP contribution in [0, 0.1) is 0 Å². The Labute approximate surface area is 106 Å². The van der Waals surface area contributed by atoms with Gasteiger partial charge in [-0.1, -0.05) is 12.1 Å². The minimum absolute atomic E-state index is 0.101. The number of aromatic amines is 1. The lowest BCUT2D eigenvalue weighted by Gasteiger charge is -2.00. The van der Waals surface area contributed by atoms with Crippen LogP contribution in [-0.2, 0) is 0 Å². The molecule has 0 aliphatic heterocycles. The van der Waals surface area contributed by atoms with E-state index < -0.39 is 5.97 Å². The van der Waals surface area contributed by atoms with Crippen LogP contribution in [0.4, 0.5) is 0 Å². The second-order valence-corrected chi connectivity index (χ2v) is 4.05. The van der Waals surface area contributed by atoms with Gasteiger partial charge in [-0.3, -0.25) is 14.3 Å². The van der Waals surface area contributed by atoms with Crippen LogP contribution in [0.1, 0.15) is 10.4 Å². The molecule has 0 aliphatic carbocycles. The number of aromatic nitrogens is 3. The fourth-order valence-electron chi connectivity index (χ4n) is 1.88. The van der Waals surface area contributed by atoms with Gasteiger partial charge in [0.15, 0.2) is 11.3 Å². The summed E-state index contributed by atoms with van der Waals surface area (Å²) in [7, 11) is 0. The molecule has 1 aromatic carbocycles. The molecule has 2 N–H and O–H groups in total. The number of fused-ring (bicyclic) bond motifs is 1. The molecule has 6 heteroatoms. The molecule has 19 heavy (non-hydrogen) atoms. The number of H-pyrrole nitrogens is 1. The van der Waals surface area contributed by atoms with Crippen LogP contribution in [-0.4, -0.2) is 25.7 Å². The Hall–Kier alpha value is -2.89. The molecule has 0 atom stereocenters. The monoisotopic (exact) mass is 255 g/mol. The lowest BCUT2D eigenvalue weighted by molar-refractivity contribution is 0.0697. The minimum atomic E-state index is -0.970. The largest absolute Gasteiger partial charge is 0.478 e. The lowest BCUT2D eigenvalue weighted by atomic mass is 10.1. The smallest absolute Gasteiger partial charge is 0.335 e. The third kappa shape index (κ3) is 1.89. The van der Waals surface area contributed by atoms with Crippen LogP contribution >= 0.6 is 0 Å². The number of benzene rings is 1. The zero-order chi connectivity index (χ0) is 13.4. The number of pyridine rings is 1. The van der Waals surface area contributed by atoms with E-state index in [0.29, 0.717) is 11.5 Å². The Kier molecular flexibility index (Phi) is 2.42. The standard InChI is InChI=1S/C13H9N3O3/c17-10-5-6-16-11(7-10)14-15-12(16)8-1-3-9(4-2-8)13(18)19/h1-7,14H,(H,18,19). The fourth-order valence-corrected chi connectivity index (χ4v) is 1.88. The van der Waals surface area contributed by atoms with Crippen LogP contribution in [0.5, 0.6) is 0 Å². The molecule has 3 rings (SSSR count). The Balaban J connectivity index is 2.13. The van der Waals surface area contributed by atoms with E-state index in [-0.39, 0.29) is 11.0 Å². The van der Waals surface area contributed by atoms with Crippen molar-refractivity contribution in [1.82, 2.24) is 14.6 Å². The topological polar surface area (TPSA) is 87.5 Å². The van der Waals surface area contributed by atoms with E-state index in [1.807, 2.05) is 0 Å². The van der Waals surface area contributed by atoms with Gasteiger partial charge in [-0.2, -0.15) is 5.10 Å². The number of rotatable bonds is 2. The van der Waals surface area contributed by atoms with E-state index in [2.05, 4.69) is 10.2 Å². The minimum Gasteiger partial charge on any atom is -0.478 e. The first-order valence-corrected chi connectivity index (χ1v) is 5.56. The average Bonchev–Trinajstić information content (AvgIpc) is 2.81. The predicted octanol–water partition coefficient (Wildman–Crippen LogP) is 1.39. The second-order valence-electron chi connectivity index (χ2n) is 4.05. The number of carboxylic acids is 1. The molecule has 6 nitrogen and oxygen atoms in total. The van der Waals surface area contributed by atoms with Crippen molar-refractivity contribution in [3.05, 3.63) is 58.4 Å². The third-order valence-corrected chi connectivity index (χ3v) is 2.82. The van der Waals surface area contributed by atoms with Gasteiger partial charge in [0, 0.05) is 23.9 Å². The van der Waals surface area contributed by atoms with Crippen molar-refractivity contribution in [3.63, 3.8) is 0 Å². The van der Waals surface area contributed by atoms with Gasteiger partial charge in [-0.15, -0.1) is 0 Å². The molecule has 0 bridgehead atoms. The zero-order valence-corrected chi connectivity index (χ0v) is 9.70. The van der Waals surface area contributed by atoms with Crippen molar-refractivity contribution in [1.29, 1.82) is 0 Å². The van der Waals surface area contributed by atoms with Gasteiger partial charge in [0.1, 0.15) is 5.65 Å². The van der Waals surface area contributed by atoms with Gasteiger partial charge in [0.05, 0.1) is 5.56 Å². The van der Waals surface area contributed by atoms with Crippen molar-refractivity contribution in [2.75, 3.05) is 0 Å². The Morgan fingerprint density at radius 2 is 1.95 bits per heavy atom. The molecule has 0 saturated carbocycles. The van der Waals surface area contributed by atoms with Crippen molar-refractivity contribution in [2.24, 2.45) is 0 Å². The Bertz CT molecular complexity index is 815. The molecule has 2 aromatic heterocycles. The highest BCUT2D eigenvalue weighted by Crippen LogP contribution is 2.18. The fraction of sp³-hybridized carbons (Fsp3) is 0. The molecule has 0 saturated heterocycles. The number of carbonyl (C=O) groups is 1. The van der Waals surface area contributed by atoms with Crippen molar-refractivity contribution in [3.8, 4) is 11.4 Å². The summed E-state index contributed by atoms with van der Waals surface area (Å²) in [4.78, 5) is 22.0. The lowest BCUT2D eigenvalue weighted by Crippen LogP contribution is -1.99. The van der Waals surface area contributed by atoms with Crippen molar-refractivity contribution >= 4 is 11.6 Å². The van der Waals surface area contributed by atoms with Gasteiger partial charge >= 0.3 is 5.97 Å². The molecule has 0 aliphatic rings. The molecule has 94 valence electrons. The summed E-state index contributed by atoms with van der Waals surface area (Å²) in [5.41, 5.74) is 1.47. The van der Waals surface area contributed by atoms with Gasteiger partial charge in [-0.05, 0) is 12.1 Å². The maximum Gasteiger partial charge on any atom is 0.335 e. The molecular weight excluding hydrogens is 246 g/mol. The maximum absolute atomic E-state index is 11.2. The predicted molar refractivity (Wildman–Crippen MR) is 68.2 cm³/mol. The van der Waals surface area contributed by atoms with Crippen LogP contribution in [0.3, 0.4) is 0 Å². The normalized spacial score (nSPS) is 10.7. The maximum atomic E-state index is 11.2. The molecule has 3 aromatic rings. The molecule has 0 unspecified atom stereocenters. The summed E-state index contributed by atoms with van der Waals surface area (Å²) in [6.45, 7) is 0. The summed E-state index contributed by atoms with van der Waals surface area (Å²) in [5.74, 6) is -0.353. The first-order valence-electron chi connectivity index (χ1n) is 5.56. The first kappa shape index (κ1) is 11.2. The highest BCUT2D eigenvalue weighted by Gasteiger charge is 2.08. The summed E-state index contributed by atoms with van der Waals surface area (Å²) in [6.07, 6.45) is 1.63. The van der Waals surface area contributed by atoms with Crippen LogP contribution in [0.25, 0.3) is 17.0 Å².